The molecule has 27 heavy (non-hydrogen) atoms. The average Bonchev–Trinajstić information content (AvgIpc) is 2.60. The zero-order chi connectivity index (χ0) is 19.4. The molecular weight excluding hydrogens is 472 g/mol. The predicted molar refractivity (Wildman–Crippen MR) is 114 cm³/mol. The van der Waals surface area contributed by atoms with Crippen LogP contribution in [0.1, 0.15) is 32.3 Å². The molecule has 1 rings (SSSR count). The normalized spacial score (nSPS) is 11.9. The molecule has 0 aliphatic rings. The van der Waals surface area contributed by atoms with Gasteiger partial charge in [-0.3, -0.25) is 4.99 Å². The van der Waals surface area contributed by atoms with Gasteiger partial charge in [-0.1, -0.05) is 32.0 Å². The molecule has 0 aromatic heterocycles. The van der Waals surface area contributed by atoms with Gasteiger partial charge in [-0.15, -0.1) is 37.1 Å². The molecule has 0 fully saturated rings. The number of guanidine groups is 1. The largest absolute Gasteiger partial charge is 0.573 e. The van der Waals surface area contributed by atoms with E-state index in [1.807, 2.05) is 0 Å². The molecule has 0 radical (unpaired) electrons. The lowest BCUT2D eigenvalue weighted by molar-refractivity contribution is -0.274. The standard InChI is InChI=1S/C18H29F3N4O.HI/c1-4-25(5-2)13-9-8-12-23-17(22-3)24-14-15-10-6-7-11-16(15)26-18(19,20)21;/h6-7,10-11H,4-5,8-9,12-14H2,1-3H3,(H2,22,23,24);1H. The number of hydrogen-bond donors (Lipinski definition) is 2. The maximum Gasteiger partial charge on any atom is 0.573 e. The van der Waals surface area contributed by atoms with Crippen LogP contribution in [0.3, 0.4) is 0 Å². The van der Waals surface area contributed by atoms with Gasteiger partial charge in [-0.25, -0.2) is 0 Å². The van der Waals surface area contributed by atoms with Crippen LogP contribution in [-0.2, 0) is 6.54 Å². The Hall–Kier alpha value is -1.23. The Kier molecular flexibility index (Phi) is 13.2. The summed E-state index contributed by atoms with van der Waals surface area (Å²) < 4.78 is 41.4. The van der Waals surface area contributed by atoms with E-state index in [0.717, 1.165) is 39.0 Å². The summed E-state index contributed by atoms with van der Waals surface area (Å²) in [5, 5.41) is 6.19. The van der Waals surface area contributed by atoms with Gasteiger partial charge in [0, 0.05) is 25.7 Å². The number of alkyl halides is 3. The van der Waals surface area contributed by atoms with E-state index in [1.54, 1.807) is 19.2 Å². The topological polar surface area (TPSA) is 48.9 Å². The molecule has 0 saturated carbocycles. The van der Waals surface area contributed by atoms with Crippen LogP contribution in [0.5, 0.6) is 5.75 Å². The second kappa shape index (κ2) is 13.9. The van der Waals surface area contributed by atoms with E-state index in [-0.39, 0.29) is 36.3 Å². The fourth-order valence-corrected chi connectivity index (χ4v) is 2.48. The number of rotatable bonds is 10. The van der Waals surface area contributed by atoms with Crippen molar-refractivity contribution in [1.82, 2.24) is 15.5 Å². The molecule has 5 nitrogen and oxygen atoms in total. The van der Waals surface area contributed by atoms with Gasteiger partial charge in [0.2, 0.25) is 0 Å². The molecule has 0 aliphatic carbocycles. The number of ether oxygens (including phenoxy) is 1. The van der Waals surface area contributed by atoms with Gasteiger partial charge < -0.3 is 20.3 Å². The van der Waals surface area contributed by atoms with E-state index in [9.17, 15) is 13.2 Å². The smallest absolute Gasteiger partial charge is 0.405 e. The molecule has 0 bridgehead atoms. The van der Waals surface area contributed by atoms with E-state index >= 15 is 0 Å². The second-order valence-electron chi connectivity index (χ2n) is 5.74. The molecule has 0 unspecified atom stereocenters. The first-order valence-electron chi connectivity index (χ1n) is 8.90. The van der Waals surface area contributed by atoms with Crippen molar-refractivity contribution in [2.75, 3.05) is 33.2 Å². The molecule has 0 saturated heterocycles. The molecule has 1 aromatic carbocycles. The molecule has 0 spiro atoms. The zero-order valence-electron chi connectivity index (χ0n) is 16.1. The Labute approximate surface area is 176 Å². The number of nitrogens with zero attached hydrogens (tertiary/aromatic N) is 2. The predicted octanol–water partition coefficient (Wildman–Crippen LogP) is 3.99. The Bertz CT molecular complexity index is 552. The van der Waals surface area contributed by atoms with E-state index in [1.165, 1.54) is 12.1 Å². The van der Waals surface area contributed by atoms with Gasteiger partial charge in [0.05, 0.1) is 0 Å². The summed E-state index contributed by atoms with van der Waals surface area (Å²) in [6.45, 7) is 8.39. The number of benzene rings is 1. The highest BCUT2D eigenvalue weighted by Crippen LogP contribution is 2.25. The fourth-order valence-electron chi connectivity index (χ4n) is 2.48. The Morgan fingerprint density at radius 2 is 1.78 bits per heavy atom. The van der Waals surface area contributed by atoms with Crippen LogP contribution in [0.15, 0.2) is 29.3 Å². The number of unbranched alkanes of at least 4 members (excludes halogenated alkanes) is 1. The SMILES string of the molecule is CCN(CC)CCCCNC(=NC)NCc1ccccc1OC(F)(F)F.I. The van der Waals surface area contributed by atoms with Crippen molar-refractivity contribution >= 4 is 29.9 Å². The summed E-state index contributed by atoms with van der Waals surface area (Å²) in [4.78, 5) is 6.46. The summed E-state index contributed by atoms with van der Waals surface area (Å²) in [6, 6.07) is 6.07. The minimum atomic E-state index is -4.71. The molecule has 0 amide bonds. The summed E-state index contributed by atoms with van der Waals surface area (Å²) in [5.74, 6) is 0.344. The first kappa shape index (κ1) is 25.8. The fraction of sp³-hybridized carbons (Fsp3) is 0.611. The first-order valence-corrected chi connectivity index (χ1v) is 8.90. The third-order valence-corrected chi connectivity index (χ3v) is 3.96. The van der Waals surface area contributed by atoms with Crippen LogP contribution in [0.4, 0.5) is 13.2 Å². The second-order valence-corrected chi connectivity index (χ2v) is 5.74. The van der Waals surface area contributed by atoms with Crippen molar-refractivity contribution in [2.24, 2.45) is 4.99 Å². The average molecular weight is 502 g/mol. The Balaban J connectivity index is 0.00000676. The van der Waals surface area contributed by atoms with Crippen LogP contribution in [0.25, 0.3) is 0 Å². The van der Waals surface area contributed by atoms with Crippen molar-refractivity contribution in [2.45, 2.75) is 39.6 Å². The van der Waals surface area contributed by atoms with Crippen molar-refractivity contribution in [1.29, 1.82) is 0 Å². The van der Waals surface area contributed by atoms with Crippen LogP contribution >= 0.6 is 24.0 Å². The maximum absolute atomic E-state index is 12.5. The molecule has 156 valence electrons. The lowest BCUT2D eigenvalue weighted by Crippen LogP contribution is -2.37. The van der Waals surface area contributed by atoms with Crippen molar-refractivity contribution in [3.05, 3.63) is 29.8 Å². The van der Waals surface area contributed by atoms with E-state index < -0.39 is 6.36 Å². The van der Waals surface area contributed by atoms with E-state index in [2.05, 4.69) is 39.1 Å². The maximum atomic E-state index is 12.5. The first-order chi connectivity index (χ1) is 12.4. The van der Waals surface area contributed by atoms with E-state index in [0.29, 0.717) is 11.5 Å². The summed E-state index contributed by atoms with van der Waals surface area (Å²) >= 11 is 0. The Morgan fingerprint density at radius 1 is 1.11 bits per heavy atom. The summed E-state index contributed by atoms with van der Waals surface area (Å²) in [6.07, 6.45) is -2.64. The quantitative estimate of drug-likeness (QED) is 0.220. The van der Waals surface area contributed by atoms with Crippen molar-refractivity contribution < 1.29 is 17.9 Å². The van der Waals surface area contributed by atoms with Gasteiger partial charge >= 0.3 is 6.36 Å². The molecule has 2 N–H and O–H groups in total. The highest BCUT2D eigenvalue weighted by atomic mass is 127. The molecule has 1 aromatic rings. The number of para-hydroxylation sites is 1. The third kappa shape index (κ3) is 11.3. The minimum absolute atomic E-state index is 0. The van der Waals surface area contributed by atoms with Crippen LogP contribution < -0.4 is 15.4 Å². The third-order valence-electron chi connectivity index (χ3n) is 3.96. The molecule has 0 aliphatic heterocycles. The van der Waals surface area contributed by atoms with Gasteiger partial charge in [0.15, 0.2) is 5.96 Å². The van der Waals surface area contributed by atoms with Gasteiger partial charge in [0.1, 0.15) is 5.75 Å². The molecule has 0 heterocycles. The lowest BCUT2D eigenvalue weighted by Gasteiger charge is -2.18. The highest BCUT2D eigenvalue weighted by molar-refractivity contribution is 14.0. The number of hydrogen-bond acceptors (Lipinski definition) is 3. The van der Waals surface area contributed by atoms with Crippen LogP contribution in [-0.4, -0.2) is 50.4 Å². The van der Waals surface area contributed by atoms with E-state index in [4.69, 9.17) is 0 Å². The molecule has 9 heteroatoms. The van der Waals surface area contributed by atoms with Gasteiger partial charge in [-0.2, -0.15) is 0 Å². The number of halogens is 4. The molecular formula is C18H30F3IN4O. The van der Waals surface area contributed by atoms with Crippen LogP contribution in [0, 0.1) is 0 Å². The number of nitrogens with one attached hydrogen (secondary N) is 2. The van der Waals surface area contributed by atoms with Gasteiger partial charge in [-0.05, 0) is 38.5 Å². The van der Waals surface area contributed by atoms with Crippen molar-refractivity contribution in [3.63, 3.8) is 0 Å². The Morgan fingerprint density at radius 3 is 2.37 bits per heavy atom. The monoisotopic (exact) mass is 502 g/mol. The zero-order valence-corrected chi connectivity index (χ0v) is 18.4. The number of aliphatic imine (C=N–C) groups is 1. The minimum Gasteiger partial charge on any atom is -0.405 e. The van der Waals surface area contributed by atoms with Crippen molar-refractivity contribution in [3.8, 4) is 5.75 Å². The summed E-state index contributed by atoms with van der Waals surface area (Å²) in [7, 11) is 1.63. The van der Waals surface area contributed by atoms with Gasteiger partial charge in [0.25, 0.3) is 0 Å². The highest BCUT2D eigenvalue weighted by Gasteiger charge is 2.31. The summed E-state index contributed by atoms with van der Waals surface area (Å²) in [5.41, 5.74) is 0.411. The molecule has 0 atom stereocenters. The van der Waals surface area contributed by atoms with Crippen LogP contribution in [0.2, 0.25) is 0 Å². The lowest BCUT2D eigenvalue weighted by atomic mass is 10.2.